The number of likely N-dealkylation sites (N-methyl/N-ethyl adjacent to an activating group) is 1. The first-order chi connectivity index (χ1) is 5.16. The van der Waals surface area contributed by atoms with Gasteiger partial charge in [0.15, 0.2) is 0 Å². The Balaban J connectivity index is 3.36. The van der Waals surface area contributed by atoms with Gasteiger partial charge in [-0.25, -0.2) is 5.84 Å². The van der Waals surface area contributed by atoms with E-state index in [1.54, 1.807) is 7.05 Å². The minimum Gasteiger partial charge on any atom is -0.329 e. The van der Waals surface area contributed by atoms with E-state index < -0.39 is 0 Å². The third-order valence-corrected chi connectivity index (χ3v) is 1.27. The molecule has 0 amide bonds. The molecule has 0 spiro atoms. The zero-order valence-electron chi connectivity index (χ0n) is 7.33. The Kier molecular flexibility index (Phi) is 5.83. The molecule has 4 heteroatoms. The van der Waals surface area contributed by atoms with Gasteiger partial charge in [-0.05, 0) is 7.05 Å². The summed E-state index contributed by atoms with van der Waals surface area (Å²) in [5, 5.41) is 1.52. The van der Waals surface area contributed by atoms with Crippen LogP contribution in [0.2, 0.25) is 0 Å². The van der Waals surface area contributed by atoms with Crippen LogP contribution >= 0.6 is 0 Å². The highest BCUT2D eigenvalue weighted by Gasteiger charge is 1.90. The highest BCUT2D eigenvalue weighted by Crippen LogP contribution is 1.81. The molecule has 0 radical (unpaired) electrons. The van der Waals surface area contributed by atoms with Gasteiger partial charge in [0.05, 0.1) is 0 Å². The van der Waals surface area contributed by atoms with E-state index in [4.69, 9.17) is 11.6 Å². The van der Waals surface area contributed by atoms with Gasteiger partial charge in [-0.1, -0.05) is 6.08 Å². The van der Waals surface area contributed by atoms with Gasteiger partial charge in [0.25, 0.3) is 0 Å². The summed E-state index contributed by atoms with van der Waals surface area (Å²) in [4.78, 5) is 2.12. The molecule has 0 saturated carbocycles. The van der Waals surface area contributed by atoms with Gasteiger partial charge in [0.2, 0.25) is 0 Å². The van der Waals surface area contributed by atoms with Crippen LogP contribution in [0.1, 0.15) is 0 Å². The van der Waals surface area contributed by atoms with E-state index in [2.05, 4.69) is 4.90 Å². The van der Waals surface area contributed by atoms with E-state index in [-0.39, 0.29) is 0 Å². The minimum atomic E-state index is 0.697. The Morgan fingerprint density at radius 2 is 2.00 bits per heavy atom. The lowest BCUT2D eigenvalue weighted by atomic mass is 10.5. The number of nitrogens with zero attached hydrogens (tertiary/aromatic N) is 2. The first-order valence-corrected chi connectivity index (χ1v) is 3.69. The van der Waals surface area contributed by atoms with Crippen LogP contribution in [0, 0.1) is 0 Å². The van der Waals surface area contributed by atoms with Crippen molar-refractivity contribution >= 4 is 0 Å². The lowest BCUT2D eigenvalue weighted by Crippen LogP contribution is -2.26. The van der Waals surface area contributed by atoms with Gasteiger partial charge in [-0.3, -0.25) is 0 Å². The van der Waals surface area contributed by atoms with Crippen molar-refractivity contribution in [3.05, 3.63) is 12.3 Å². The van der Waals surface area contributed by atoms with E-state index in [1.807, 2.05) is 19.3 Å². The van der Waals surface area contributed by atoms with E-state index in [9.17, 15) is 0 Å². The Morgan fingerprint density at radius 3 is 2.45 bits per heavy atom. The zero-order valence-corrected chi connectivity index (χ0v) is 7.33. The van der Waals surface area contributed by atoms with Crippen LogP contribution in [-0.2, 0) is 0 Å². The maximum absolute atomic E-state index is 5.36. The van der Waals surface area contributed by atoms with Gasteiger partial charge in [0, 0.05) is 32.9 Å². The molecule has 4 nitrogen and oxygen atoms in total. The number of hydrazine groups is 1. The number of nitrogens with two attached hydrogens (primary N) is 2. The van der Waals surface area contributed by atoms with E-state index >= 15 is 0 Å². The summed E-state index contributed by atoms with van der Waals surface area (Å²) in [6.07, 6.45) is 3.82. The van der Waals surface area contributed by atoms with Crippen LogP contribution in [0.15, 0.2) is 12.3 Å². The SMILES string of the molecule is CN(N)/C=C/CN(C)CCN. The van der Waals surface area contributed by atoms with Crippen molar-refractivity contribution in [1.82, 2.24) is 9.91 Å². The summed E-state index contributed by atoms with van der Waals surface area (Å²) in [6.45, 7) is 2.50. The second-order valence-electron chi connectivity index (χ2n) is 2.60. The molecular formula is C7H18N4. The van der Waals surface area contributed by atoms with E-state index in [0.717, 1.165) is 13.1 Å². The fourth-order valence-electron chi connectivity index (χ4n) is 0.705. The standard InChI is InChI=1S/C7H18N4/c1-10(7-4-8)5-3-6-11(2)9/h3,6H,4-5,7-9H2,1-2H3/b6-3+. The fourth-order valence-corrected chi connectivity index (χ4v) is 0.705. The smallest absolute Gasteiger partial charge is 0.0222 e. The lowest BCUT2D eigenvalue weighted by Gasteiger charge is -2.12. The average molecular weight is 158 g/mol. The summed E-state index contributed by atoms with van der Waals surface area (Å²) in [5.41, 5.74) is 5.36. The molecule has 0 aromatic heterocycles. The molecular weight excluding hydrogens is 140 g/mol. The Labute approximate surface area is 68.4 Å². The van der Waals surface area contributed by atoms with Crippen molar-refractivity contribution in [2.24, 2.45) is 11.6 Å². The van der Waals surface area contributed by atoms with Gasteiger partial charge in [-0.2, -0.15) is 0 Å². The maximum atomic E-state index is 5.36. The van der Waals surface area contributed by atoms with Gasteiger partial charge in [0.1, 0.15) is 0 Å². The summed E-state index contributed by atoms with van der Waals surface area (Å²) in [6, 6.07) is 0. The molecule has 0 bridgehead atoms. The molecule has 0 aliphatic heterocycles. The molecule has 0 aliphatic rings. The van der Waals surface area contributed by atoms with Crippen LogP contribution in [0.5, 0.6) is 0 Å². The largest absolute Gasteiger partial charge is 0.329 e. The van der Waals surface area contributed by atoms with Crippen molar-refractivity contribution in [1.29, 1.82) is 0 Å². The average Bonchev–Trinajstić information content (AvgIpc) is 1.87. The Bertz CT molecular complexity index is 111. The Hall–Kier alpha value is -0.580. The highest BCUT2D eigenvalue weighted by molar-refractivity contribution is 4.81. The highest BCUT2D eigenvalue weighted by atomic mass is 15.4. The van der Waals surface area contributed by atoms with Crippen molar-refractivity contribution in [2.45, 2.75) is 0 Å². The molecule has 4 N–H and O–H groups in total. The first-order valence-electron chi connectivity index (χ1n) is 3.69. The quantitative estimate of drug-likeness (QED) is 0.406. The first kappa shape index (κ1) is 10.4. The summed E-state index contributed by atoms with van der Waals surface area (Å²) in [5.74, 6) is 5.36. The topological polar surface area (TPSA) is 58.5 Å². The number of hydrogen-bond acceptors (Lipinski definition) is 4. The molecule has 0 rings (SSSR count). The minimum absolute atomic E-state index is 0.697. The molecule has 0 unspecified atom stereocenters. The van der Waals surface area contributed by atoms with Gasteiger partial charge >= 0.3 is 0 Å². The molecule has 0 fully saturated rings. The third-order valence-electron chi connectivity index (χ3n) is 1.27. The van der Waals surface area contributed by atoms with Crippen molar-refractivity contribution in [3.63, 3.8) is 0 Å². The van der Waals surface area contributed by atoms with Gasteiger partial charge in [-0.15, -0.1) is 0 Å². The third kappa shape index (κ3) is 7.32. The molecule has 0 saturated heterocycles. The summed E-state index contributed by atoms with van der Waals surface area (Å²) < 4.78 is 0. The second kappa shape index (κ2) is 6.15. The normalized spacial score (nSPS) is 11.4. The predicted octanol–water partition coefficient (Wildman–Crippen LogP) is -0.804. The fraction of sp³-hybridized carbons (Fsp3) is 0.714. The summed E-state index contributed by atoms with van der Waals surface area (Å²) in [7, 11) is 3.81. The van der Waals surface area contributed by atoms with Crippen molar-refractivity contribution in [3.8, 4) is 0 Å². The van der Waals surface area contributed by atoms with Crippen LogP contribution in [0.3, 0.4) is 0 Å². The molecule has 0 aromatic carbocycles. The van der Waals surface area contributed by atoms with Gasteiger partial charge < -0.3 is 15.6 Å². The molecule has 66 valence electrons. The van der Waals surface area contributed by atoms with Crippen LogP contribution in [0.4, 0.5) is 0 Å². The molecule has 0 heterocycles. The van der Waals surface area contributed by atoms with E-state index in [1.165, 1.54) is 5.01 Å². The Morgan fingerprint density at radius 1 is 1.36 bits per heavy atom. The molecule has 0 aromatic rings. The van der Waals surface area contributed by atoms with Crippen molar-refractivity contribution < 1.29 is 0 Å². The predicted molar refractivity (Wildman–Crippen MR) is 47.6 cm³/mol. The van der Waals surface area contributed by atoms with Crippen molar-refractivity contribution in [2.75, 3.05) is 33.7 Å². The van der Waals surface area contributed by atoms with Crippen LogP contribution in [0.25, 0.3) is 0 Å². The summed E-state index contributed by atoms with van der Waals surface area (Å²) >= 11 is 0. The monoisotopic (exact) mass is 158 g/mol. The second-order valence-corrected chi connectivity index (χ2v) is 2.60. The molecule has 11 heavy (non-hydrogen) atoms. The zero-order chi connectivity index (χ0) is 8.69. The molecule has 0 aliphatic carbocycles. The van der Waals surface area contributed by atoms with Crippen LogP contribution in [-0.4, -0.2) is 43.6 Å². The van der Waals surface area contributed by atoms with Crippen LogP contribution < -0.4 is 11.6 Å². The number of rotatable bonds is 5. The number of hydrogen-bond donors (Lipinski definition) is 2. The van der Waals surface area contributed by atoms with E-state index in [0.29, 0.717) is 6.54 Å². The lowest BCUT2D eigenvalue weighted by molar-refractivity contribution is 0.377. The maximum Gasteiger partial charge on any atom is 0.0222 e. The molecule has 0 atom stereocenters.